The van der Waals surface area contributed by atoms with Crippen molar-refractivity contribution in [3.05, 3.63) is 29.8 Å². The highest BCUT2D eigenvalue weighted by Gasteiger charge is 2.98. The van der Waals surface area contributed by atoms with Gasteiger partial charge in [-0.15, -0.1) is 0 Å². The van der Waals surface area contributed by atoms with Crippen LogP contribution in [0.25, 0.3) is 0 Å². The van der Waals surface area contributed by atoms with Crippen LogP contribution in [0, 0.1) is 5.92 Å². The molecule has 0 aromatic heterocycles. The normalized spacial score (nSPS) is 19.9. The summed E-state index contributed by atoms with van der Waals surface area (Å²) >= 11 is 0. The summed E-state index contributed by atoms with van der Waals surface area (Å²) in [6.45, 7) is 2.31. The first-order valence-corrected chi connectivity index (χ1v) is 14.5. The van der Waals surface area contributed by atoms with Gasteiger partial charge in [-0.1, -0.05) is 38.3 Å². The molecule has 0 atom stereocenters. The predicted molar refractivity (Wildman–Crippen MR) is 131 cm³/mol. The van der Waals surface area contributed by atoms with E-state index in [1.807, 2.05) is 6.92 Å². The van der Waals surface area contributed by atoms with Gasteiger partial charge < -0.3 is 4.74 Å². The molecule has 0 spiro atoms. The minimum absolute atomic E-state index is 0.337. The van der Waals surface area contributed by atoms with Crippen LogP contribution < -0.4 is 4.74 Å². The molecule has 0 radical (unpaired) electrons. The number of rotatable bonds is 16. The van der Waals surface area contributed by atoms with E-state index in [0.717, 1.165) is 19.3 Å². The van der Waals surface area contributed by atoms with Crippen molar-refractivity contribution < 1.29 is 96.9 Å². The van der Waals surface area contributed by atoms with E-state index in [0.29, 0.717) is 24.3 Å². The zero-order valence-corrected chi connectivity index (χ0v) is 25.2. The van der Waals surface area contributed by atoms with E-state index in [9.17, 15) is 92.2 Å². The Balaban J connectivity index is 2.33. The first-order chi connectivity index (χ1) is 22.3. The Morgan fingerprint density at radius 3 is 1.24 bits per heavy atom. The van der Waals surface area contributed by atoms with Gasteiger partial charge in [0.25, 0.3) is 0 Å². The van der Waals surface area contributed by atoms with E-state index in [2.05, 4.69) is 0 Å². The van der Waals surface area contributed by atoms with Gasteiger partial charge in [0, 0.05) is 5.92 Å². The summed E-state index contributed by atoms with van der Waals surface area (Å²) in [5.74, 6) is -80.1. The fraction of sp³-hybridized carbons (Fsp3) is 0.786. The maximum atomic E-state index is 14.8. The zero-order valence-electron chi connectivity index (χ0n) is 25.2. The smallest absolute Gasteiger partial charge is 0.460 e. The molecule has 1 saturated carbocycles. The fourth-order valence-electron chi connectivity index (χ4n) is 5.17. The number of alkyl halides is 21. The fourth-order valence-corrected chi connectivity index (χ4v) is 5.17. The van der Waals surface area contributed by atoms with Gasteiger partial charge >= 0.3 is 59.5 Å². The molecular formula is C28H27F21O. The van der Waals surface area contributed by atoms with Crippen LogP contribution in [0.1, 0.15) is 69.8 Å². The summed E-state index contributed by atoms with van der Waals surface area (Å²) in [5.41, 5.74) is 0.365. The van der Waals surface area contributed by atoms with Gasteiger partial charge in [0.1, 0.15) is 5.75 Å². The van der Waals surface area contributed by atoms with Crippen molar-refractivity contribution in [3.63, 3.8) is 0 Å². The van der Waals surface area contributed by atoms with Crippen LogP contribution in [0.3, 0.4) is 0 Å². The second kappa shape index (κ2) is 13.8. The monoisotopic (exact) mass is 778 g/mol. The number of benzene rings is 1. The Hall–Kier alpha value is -2.45. The molecule has 1 fully saturated rings. The van der Waals surface area contributed by atoms with Crippen LogP contribution in [0.4, 0.5) is 92.2 Å². The Bertz CT molecular complexity index is 1260. The minimum atomic E-state index is -9.16. The molecule has 1 aliphatic carbocycles. The highest BCUT2D eigenvalue weighted by molar-refractivity contribution is 5.30. The third-order valence-corrected chi connectivity index (χ3v) is 8.39. The molecule has 1 aliphatic rings. The van der Waals surface area contributed by atoms with E-state index in [4.69, 9.17) is 4.74 Å². The summed E-state index contributed by atoms with van der Waals surface area (Å²) < 4.78 is 293. The zero-order chi connectivity index (χ0) is 39.2. The van der Waals surface area contributed by atoms with Crippen molar-refractivity contribution in [3.8, 4) is 5.75 Å². The molecule has 0 N–H and O–H groups in total. The van der Waals surface area contributed by atoms with Crippen molar-refractivity contribution in [2.45, 2.75) is 124 Å². The maximum absolute atomic E-state index is 14.8. The lowest BCUT2D eigenvalue weighted by Gasteiger charge is -2.46. The Labute approximate surface area is 269 Å². The second-order valence-corrected chi connectivity index (χ2v) is 11.7. The maximum Gasteiger partial charge on any atom is 0.460 e. The summed E-state index contributed by atoms with van der Waals surface area (Å²) in [4.78, 5) is 0. The van der Waals surface area contributed by atoms with Crippen LogP contribution in [0.5, 0.6) is 5.75 Å². The van der Waals surface area contributed by atoms with Gasteiger partial charge in [-0.05, 0) is 55.7 Å². The molecular weight excluding hydrogens is 751 g/mol. The van der Waals surface area contributed by atoms with Crippen molar-refractivity contribution >= 4 is 0 Å². The molecule has 292 valence electrons. The Kier molecular flexibility index (Phi) is 12.1. The van der Waals surface area contributed by atoms with Crippen molar-refractivity contribution in [2.24, 2.45) is 5.92 Å². The van der Waals surface area contributed by atoms with Gasteiger partial charge in [0.05, 0.1) is 6.61 Å². The lowest BCUT2D eigenvalue weighted by atomic mass is 9.73. The first-order valence-electron chi connectivity index (χ1n) is 14.5. The van der Waals surface area contributed by atoms with Crippen LogP contribution in [0.2, 0.25) is 0 Å². The summed E-state index contributed by atoms with van der Waals surface area (Å²) in [7, 11) is 0. The molecule has 50 heavy (non-hydrogen) atoms. The van der Waals surface area contributed by atoms with Crippen molar-refractivity contribution in [2.75, 3.05) is 6.61 Å². The molecule has 0 amide bonds. The van der Waals surface area contributed by atoms with E-state index in [1.54, 1.807) is 0 Å². The van der Waals surface area contributed by atoms with E-state index in [1.165, 1.54) is 24.3 Å². The number of ether oxygens (including phenoxy) is 1. The molecule has 0 heterocycles. The number of halogens is 21. The summed E-state index contributed by atoms with van der Waals surface area (Å²) in [6, 6.07) is 5.71. The third-order valence-electron chi connectivity index (χ3n) is 8.39. The summed E-state index contributed by atoms with van der Waals surface area (Å²) in [5, 5.41) is 0. The Morgan fingerprint density at radius 1 is 0.480 bits per heavy atom. The number of unbranched alkanes of at least 4 members (excludes halogenated alkanes) is 3. The number of hydrogen-bond donors (Lipinski definition) is 0. The lowest BCUT2D eigenvalue weighted by Crippen LogP contribution is -2.77. The van der Waals surface area contributed by atoms with Crippen LogP contribution in [-0.4, -0.2) is 66.1 Å². The Morgan fingerprint density at radius 2 is 0.860 bits per heavy atom. The predicted octanol–water partition coefficient (Wildman–Crippen LogP) is 12.2. The van der Waals surface area contributed by atoms with Gasteiger partial charge in [-0.25, -0.2) is 0 Å². The number of hydrogen-bond acceptors (Lipinski definition) is 1. The third kappa shape index (κ3) is 6.77. The van der Waals surface area contributed by atoms with Gasteiger partial charge in [-0.2, -0.15) is 92.2 Å². The van der Waals surface area contributed by atoms with Gasteiger partial charge in [0.2, 0.25) is 0 Å². The average molecular weight is 778 g/mol. The van der Waals surface area contributed by atoms with Gasteiger partial charge in [-0.3, -0.25) is 0 Å². The molecule has 0 bridgehead atoms. The van der Waals surface area contributed by atoms with Crippen molar-refractivity contribution in [1.29, 1.82) is 0 Å². The van der Waals surface area contributed by atoms with Crippen LogP contribution >= 0.6 is 0 Å². The SMILES string of the molecule is CCCCCCOc1ccc([C@H]2CC[C@H](C(F)(F)C(F)(F)C(F)(F)C(F)(F)C(F)(F)C(F)(F)C(F)(F)C(F)(F)C(F)(F)C(F)(F)F)CC2)cc1. The molecule has 0 aliphatic heterocycles. The molecule has 1 aromatic rings. The van der Waals surface area contributed by atoms with Crippen LogP contribution in [0.15, 0.2) is 24.3 Å². The van der Waals surface area contributed by atoms with E-state index < -0.39 is 97.0 Å². The van der Waals surface area contributed by atoms with Crippen molar-refractivity contribution in [1.82, 2.24) is 0 Å². The quantitative estimate of drug-likeness (QED) is 0.120. The highest BCUT2D eigenvalue weighted by Crippen LogP contribution is 2.67. The average Bonchev–Trinajstić information content (AvgIpc) is 3.00. The molecule has 1 nitrogen and oxygen atoms in total. The molecule has 1 aromatic carbocycles. The van der Waals surface area contributed by atoms with Gasteiger partial charge in [0.15, 0.2) is 0 Å². The highest BCUT2D eigenvalue weighted by atomic mass is 19.4. The standard InChI is InChI=1S/C28H27F21O/c1-2-3-4-5-14-50-18-12-8-16(9-13-18)15-6-10-17(11-7-15)19(29,30)20(31,32)21(33,34)22(35,36)23(37,38)24(39,40)25(41,42)26(43,44)27(45,46)28(47,48)49/h8-9,12-13,15,17H,2-7,10-11,14H2,1H3/t15-,17-. The molecule has 0 saturated heterocycles. The topological polar surface area (TPSA) is 9.23 Å². The molecule has 22 heteroatoms. The van der Waals surface area contributed by atoms with E-state index >= 15 is 0 Å². The lowest BCUT2D eigenvalue weighted by molar-refractivity contribution is -0.475. The largest absolute Gasteiger partial charge is 0.494 e. The van der Waals surface area contributed by atoms with Crippen LogP contribution in [-0.2, 0) is 0 Å². The summed E-state index contributed by atoms with van der Waals surface area (Å²) in [6.07, 6.45) is -8.13. The van der Waals surface area contributed by atoms with E-state index in [-0.39, 0.29) is 0 Å². The molecule has 2 rings (SSSR count). The molecule has 0 unspecified atom stereocenters. The minimum Gasteiger partial charge on any atom is -0.494 e. The second-order valence-electron chi connectivity index (χ2n) is 11.7. The first kappa shape index (κ1) is 43.7.